The predicted molar refractivity (Wildman–Crippen MR) is 103 cm³/mol. The summed E-state index contributed by atoms with van der Waals surface area (Å²) in [6, 6.07) is 4.03. The van der Waals surface area contributed by atoms with Gasteiger partial charge in [-0.1, -0.05) is 6.92 Å². The number of ketones is 1. The third-order valence-electron chi connectivity index (χ3n) is 6.48. The highest BCUT2D eigenvalue weighted by Crippen LogP contribution is 2.61. The molecule has 1 aromatic rings. The molecule has 150 valence electrons. The smallest absolute Gasteiger partial charge is 0.223 e. The molecule has 0 radical (unpaired) electrons. The average Bonchev–Trinajstić information content (AvgIpc) is 3.02. The standard InChI is InChI=1S/C22H26O6/c1-12-15(13-6-17(24-2)21(27-5)18(7-13)25-3)8-14-10-22(12)11-19(26-4)16(23)9-20(22)28-14/h6-7,9,11-12,14-15H,8,10H2,1-5H3. The Balaban J connectivity index is 1.79. The molecule has 0 N–H and O–H groups in total. The maximum atomic E-state index is 12.3. The molecule has 6 heteroatoms. The highest BCUT2D eigenvalue weighted by atomic mass is 16.5. The van der Waals surface area contributed by atoms with Gasteiger partial charge in [0.2, 0.25) is 11.5 Å². The summed E-state index contributed by atoms with van der Waals surface area (Å²) >= 11 is 0. The van der Waals surface area contributed by atoms with Crippen molar-refractivity contribution >= 4 is 5.78 Å². The first-order valence-electron chi connectivity index (χ1n) is 9.47. The minimum atomic E-state index is -0.326. The highest BCUT2D eigenvalue weighted by molar-refractivity contribution is 6.04. The van der Waals surface area contributed by atoms with Crippen LogP contribution >= 0.6 is 0 Å². The van der Waals surface area contributed by atoms with Crippen LogP contribution in [0, 0.1) is 11.3 Å². The van der Waals surface area contributed by atoms with Crippen LogP contribution in [0.3, 0.4) is 0 Å². The maximum Gasteiger partial charge on any atom is 0.223 e. The topological polar surface area (TPSA) is 63.2 Å². The SMILES string of the molecule is COC1=CC23CC(CC(c4cc(OC)c(OC)c(OC)c4)C2C)OC3=CC1=O. The molecule has 28 heavy (non-hydrogen) atoms. The number of carbonyl (C=O) groups excluding carboxylic acids is 1. The molecule has 0 aromatic heterocycles. The monoisotopic (exact) mass is 386 g/mol. The zero-order valence-corrected chi connectivity index (χ0v) is 16.9. The number of ether oxygens (including phenoxy) is 5. The van der Waals surface area contributed by atoms with E-state index >= 15 is 0 Å². The zero-order chi connectivity index (χ0) is 20.1. The summed E-state index contributed by atoms with van der Waals surface area (Å²) in [6.07, 6.45) is 5.36. The van der Waals surface area contributed by atoms with Gasteiger partial charge in [-0.15, -0.1) is 0 Å². The summed E-state index contributed by atoms with van der Waals surface area (Å²) in [6.45, 7) is 2.21. The van der Waals surface area contributed by atoms with Crippen LogP contribution in [0.5, 0.6) is 17.2 Å². The molecule has 2 bridgehead atoms. The van der Waals surface area contributed by atoms with Gasteiger partial charge in [-0.25, -0.2) is 0 Å². The van der Waals surface area contributed by atoms with Crippen LogP contribution in [-0.2, 0) is 14.3 Å². The van der Waals surface area contributed by atoms with Crippen molar-refractivity contribution in [2.75, 3.05) is 28.4 Å². The van der Waals surface area contributed by atoms with E-state index in [4.69, 9.17) is 23.7 Å². The van der Waals surface area contributed by atoms with E-state index in [0.717, 1.165) is 24.2 Å². The largest absolute Gasteiger partial charge is 0.494 e. The lowest BCUT2D eigenvalue weighted by Gasteiger charge is -2.41. The summed E-state index contributed by atoms with van der Waals surface area (Å²) in [5.41, 5.74) is 0.785. The number of carbonyl (C=O) groups is 1. The van der Waals surface area contributed by atoms with Gasteiger partial charge in [0.15, 0.2) is 17.3 Å². The number of hydrogen-bond donors (Lipinski definition) is 0. The average molecular weight is 386 g/mol. The van der Waals surface area contributed by atoms with E-state index in [1.807, 2.05) is 18.2 Å². The van der Waals surface area contributed by atoms with Crippen molar-refractivity contribution in [1.82, 2.24) is 0 Å². The van der Waals surface area contributed by atoms with E-state index in [1.54, 1.807) is 27.4 Å². The van der Waals surface area contributed by atoms with Crippen LogP contribution in [0.4, 0.5) is 0 Å². The third-order valence-corrected chi connectivity index (χ3v) is 6.48. The maximum absolute atomic E-state index is 12.3. The lowest BCUT2D eigenvalue weighted by Crippen LogP contribution is -2.37. The second-order valence-electron chi connectivity index (χ2n) is 7.66. The number of hydrogen-bond acceptors (Lipinski definition) is 6. The van der Waals surface area contributed by atoms with Gasteiger partial charge in [-0.2, -0.15) is 0 Å². The lowest BCUT2D eigenvalue weighted by atomic mass is 9.59. The fraction of sp³-hybridized carbons (Fsp3) is 0.500. The number of methoxy groups -OCH3 is 4. The van der Waals surface area contributed by atoms with Crippen molar-refractivity contribution < 1.29 is 28.5 Å². The van der Waals surface area contributed by atoms with E-state index in [9.17, 15) is 4.79 Å². The molecule has 6 nitrogen and oxygen atoms in total. The molecule has 1 saturated heterocycles. The summed E-state index contributed by atoms with van der Waals surface area (Å²) in [5, 5.41) is 0. The van der Waals surface area contributed by atoms with Crippen LogP contribution in [0.1, 0.15) is 31.2 Å². The molecule has 2 fully saturated rings. The van der Waals surface area contributed by atoms with E-state index in [0.29, 0.717) is 23.0 Å². The zero-order valence-electron chi connectivity index (χ0n) is 16.9. The van der Waals surface area contributed by atoms with E-state index in [2.05, 4.69) is 6.92 Å². The van der Waals surface area contributed by atoms with Crippen molar-refractivity contribution in [2.45, 2.75) is 31.8 Å². The van der Waals surface area contributed by atoms with Crippen molar-refractivity contribution in [1.29, 1.82) is 0 Å². The fourth-order valence-electron chi connectivity index (χ4n) is 5.02. The van der Waals surface area contributed by atoms with Crippen molar-refractivity contribution in [2.24, 2.45) is 11.3 Å². The summed E-state index contributed by atoms with van der Waals surface area (Å²) in [4.78, 5) is 12.3. The van der Waals surface area contributed by atoms with Crippen LogP contribution in [0.15, 0.2) is 35.8 Å². The molecule has 4 unspecified atom stereocenters. The minimum absolute atomic E-state index is 0.0618. The molecule has 0 amide bonds. The molecule has 1 aliphatic heterocycles. The van der Waals surface area contributed by atoms with Crippen LogP contribution in [0.25, 0.3) is 0 Å². The summed E-state index contributed by atoms with van der Waals surface area (Å²) in [5.74, 6) is 3.31. The number of allylic oxidation sites excluding steroid dienone is 2. The van der Waals surface area contributed by atoms with E-state index < -0.39 is 0 Å². The molecule has 1 spiro atoms. The highest BCUT2D eigenvalue weighted by Gasteiger charge is 2.57. The number of rotatable bonds is 5. The van der Waals surface area contributed by atoms with Crippen molar-refractivity contribution in [3.63, 3.8) is 0 Å². The minimum Gasteiger partial charge on any atom is -0.494 e. The normalized spacial score (nSPS) is 30.6. The molecular weight excluding hydrogens is 360 g/mol. The molecule has 4 rings (SSSR count). The summed E-state index contributed by atoms with van der Waals surface area (Å²) < 4.78 is 28.1. The van der Waals surface area contributed by atoms with Crippen molar-refractivity contribution in [3.05, 3.63) is 41.4 Å². The molecule has 1 aromatic carbocycles. The molecule has 1 saturated carbocycles. The van der Waals surface area contributed by atoms with E-state index in [1.165, 1.54) is 7.11 Å². The van der Waals surface area contributed by atoms with Crippen molar-refractivity contribution in [3.8, 4) is 17.2 Å². The van der Waals surface area contributed by atoms with Gasteiger partial charge < -0.3 is 23.7 Å². The second-order valence-corrected chi connectivity index (χ2v) is 7.66. The third kappa shape index (κ3) is 2.58. The quantitative estimate of drug-likeness (QED) is 0.770. The Morgan fingerprint density at radius 3 is 2.29 bits per heavy atom. The Morgan fingerprint density at radius 1 is 1.04 bits per heavy atom. The Kier molecular flexibility index (Phi) is 4.52. The first-order valence-corrected chi connectivity index (χ1v) is 9.47. The first-order chi connectivity index (χ1) is 13.5. The van der Waals surface area contributed by atoms with Crippen LogP contribution < -0.4 is 14.2 Å². The number of fused-ring (bicyclic) bond motifs is 1. The van der Waals surface area contributed by atoms with Gasteiger partial charge in [0.05, 0.1) is 33.9 Å². The molecule has 4 atom stereocenters. The van der Waals surface area contributed by atoms with E-state index in [-0.39, 0.29) is 29.1 Å². The van der Waals surface area contributed by atoms with Crippen LogP contribution in [-0.4, -0.2) is 40.3 Å². The second kappa shape index (κ2) is 6.76. The molecule has 2 aliphatic carbocycles. The summed E-state index contributed by atoms with van der Waals surface area (Å²) in [7, 11) is 6.39. The Morgan fingerprint density at radius 2 is 1.71 bits per heavy atom. The molecule has 1 heterocycles. The van der Waals surface area contributed by atoms with Gasteiger partial charge in [-0.3, -0.25) is 4.79 Å². The van der Waals surface area contributed by atoms with Gasteiger partial charge in [0, 0.05) is 12.5 Å². The van der Waals surface area contributed by atoms with Crippen LogP contribution in [0.2, 0.25) is 0 Å². The molecular formula is C22H26O6. The Hall–Kier alpha value is -2.63. The van der Waals surface area contributed by atoms with Gasteiger partial charge in [0.25, 0.3) is 0 Å². The first kappa shape index (κ1) is 18.7. The molecule has 3 aliphatic rings. The Labute approximate surface area is 165 Å². The fourth-order valence-corrected chi connectivity index (χ4v) is 5.02. The predicted octanol–water partition coefficient (Wildman–Crippen LogP) is 3.61. The van der Waals surface area contributed by atoms with Gasteiger partial charge >= 0.3 is 0 Å². The lowest BCUT2D eigenvalue weighted by molar-refractivity contribution is -0.114. The van der Waals surface area contributed by atoms with Gasteiger partial charge in [0.1, 0.15) is 11.9 Å². The Bertz CT molecular complexity index is 845. The van der Waals surface area contributed by atoms with Gasteiger partial charge in [-0.05, 0) is 42.0 Å². The number of benzene rings is 1.